The van der Waals surface area contributed by atoms with Crippen molar-refractivity contribution in [3.05, 3.63) is 35.6 Å². The number of nitrogens with zero attached hydrogens (tertiary/aromatic N) is 1. The third-order valence-corrected chi connectivity index (χ3v) is 5.49. The monoisotopic (exact) mass is 349 g/mol. The molecule has 3 rings (SSSR count). The van der Waals surface area contributed by atoms with E-state index in [1.54, 1.807) is 24.0 Å². The third kappa shape index (κ3) is 3.84. The number of carboxylic acid groups (broad SMARTS) is 1. The van der Waals surface area contributed by atoms with Gasteiger partial charge in [-0.05, 0) is 49.8 Å². The van der Waals surface area contributed by atoms with E-state index < -0.39 is 11.9 Å². The van der Waals surface area contributed by atoms with Crippen LogP contribution in [0.5, 0.6) is 0 Å². The van der Waals surface area contributed by atoms with Gasteiger partial charge >= 0.3 is 5.97 Å². The Morgan fingerprint density at radius 1 is 1.28 bits per heavy atom. The maximum atomic E-state index is 13.4. The number of likely N-dealkylation sites (tertiary alicyclic amines) is 1. The van der Waals surface area contributed by atoms with Crippen LogP contribution in [0.4, 0.5) is 4.39 Å². The van der Waals surface area contributed by atoms with Gasteiger partial charge in [-0.3, -0.25) is 9.59 Å². The van der Waals surface area contributed by atoms with Crippen LogP contribution < -0.4 is 0 Å². The molecule has 2 aliphatic heterocycles. The number of carboxylic acids is 1. The summed E-state index contributed by atoms with van der Waals surface area (Å²) < 4.78 is 19.0. The molecule has 3 atom stereocenters. The molecule has 25 heavy (non-hydrogen) atoms. The Hall–Kier alpha value is -1.95. The Labute approximate surface area is 146 Å². The number of halogens is 1. The van der Waals surface area contributed by atoms with Crippen LogP contribution in [0.15, 0.2) is 24.3 Å². The number of hydrogen-bond acceptors (Lipinski definition) is 3. The topological polar surface area (TPSA) is 66.8 Å². The van der Waals surface area contributed by atoms with Gasteiger partial charge < -0.3 is 14.7 Å². The molecule has 0 saturated carbocycles. The van der Waals surface area contributed by atoms with E-state index in [1.165, 1.54) is 12.1 Å². The van der Waals surface area contributed by atoms with Gasteiger partial charge in [0.25, 0.3) is 0 Å². The number of ether oxygens (including phenoxy) is 1. The largest absolute Gasteiger partial charge is 0.481 e. The smallest absolute Gasteiger partial charge is 0.309 e. The molecule has 2 fully saturated rings. The number of amides is 1. The molecule has 1 aromatic rings. The van der Waals surface area contributed by atoms with E-state index in [4.69, 9.17) is 4.74 Å². The second-order valence-corrected chi connectivity index (χ2v) is 7.01. The zero-order chi connectivity index (χ0) is 18.0. The predicted molar refractivity (Wildman–Crippen MR) is 89.6 cm³/mol. The van der Waals surface area contributed by atoms with Gasteiger partial charge in [0.15, 0.2) is 0 Å². The summed E-state index contributed by atoms with van der Waals surface area (Å²) in [7, 11) is 0. The Bertz CT molecular complexity index is 642. The first-order valence-electron chi connectivity index (χ1n) is 8.86. The van der Waals surface area contributed by atoms with Crippen molar-refractivity contribution in [3.8, 4) is 0 Å². The number of carbonyl (C=O) groups excluding carboxylic acids is 1. The minimum absolute atomic E-state index is 0.00817. The number of rotatable bonds is 4. The molecule has 0 aliphatic carbocycles. The maximum absolute atomic E-state index is 13.4. The van der Waals surface area contributed by atoms with Crippen LogP contribution in [-0.4, -0.2) is 47.7 Å². The normalized spacial score (nSPS) is 25.8. The van der Waals surface area contributed by atoms with E-state index in [1.807, 2.05) is 0 Å². The lowest BCUT2D eigenvalue weighted by atomic mass is 9.84. The van der Waals surface area contributed by atoms with Gasteiger partial charge in [0.1, 0.15) is 5.82 Å². The first kappa shape index (κ1) is 17.9. The summed E-state index contributed by atoms with van der Waals surface area (Å²) in [5, 5.41) is 9.30. The molecule has 0 radical (unpaired) electrons. The highest BCUT2D eigenvalue weighted by atomic mass is 19.1. The molecule has 2 heterocycles. The van der Waals surface area contributed by atoms with Gasteiger partial charge in [0.2, 0.25) is 5.91 Å². The third-order valence-electron chi connectivity index (χ3n) is 5.49. The van der Waals surface area contributed by atoms with Crippen molar-refractivity contribution in [2.24, 2.45) is 11.8 Å². The van der Waals surface area contributed by atoms with E-state index in [2.05, 4.69) is 0 Å². The summed E-state index contributed by atoms with van der Waals surface area (Å²) in [5.41, 5.74) is 0.678. The molecular formula is C19H24FNO4. The lowest BCUT2D eigenvalue weighted by Gasteiger charge is -2.36. The highest BCUT2D eigenvalue weighted by molar-refractivity contribution is 5.83. The first-order chi connectivity index (χ1) is 12.0. The zero-order valence-electron chi connectivity index (χ0n) is 14.4. The maximum Gasteiger partial charge on any atom is 0.309 e. The Kier molecular flexibility index (Phi) is 5.37. The molecule has 6 heteroatoms. The fourth-order valence-electron chi connectivity index (χ4n) is 3.98. The Morgan fingerprint density at radius 2 is 2.00 bits per heavy atom. The number of carbonyl (C=O) groups is 2. The van der Waals surface area contributed by atoms with Crippen molar-refractivity contribution in [1.82, 2.24) is 4.90 Å². The number of piperidine rings is 1. The summed E-state index contributed by atoms with van der Waals surface area (Å²) in [5.74, 6) is -1.78. The molecule has 0 bridgehead atoms. The minimum atomic E-state index is -0.791. The lowest BCUT2D eigenvalue weighted by molar-refractivity contribution is -0.146. The summed E-state index contributed by atoms with van der Waals surface area (Å²) in [6, 6.07) is 6.15. The van der Waals surface area contributed by atoms with Gasteiger partial charge in [-0.1, -0.05) is 12.1 Å². The molecule has 2 saturated heterocycles. The van der Waals surface area contributed by atoms with Crippen LogP contribution >= 0.6 is 0 Å². The van der Waals surface area contributed by atoms with Crippen molar-refractivity contribution >= 4 is 11.9 Å². The van der Waals surface area contributed by atoms with E-state index in [0.717, 1.165) is 12.8 Å². The highest BCUT2D eigenvalue weighted by Gasteiger charge is 2.41. The highest BCUT2D eigenvalue weighted by Crippen LogP contribution is 2.34. The molecular weight excluding hydrogens is 325 g/mol. The predicted octanol–water partition coefficient (Wildman–Crippen LogP) is 2.66. The van der Waals surface area contributed by atoms with E-state index >= 15 is 0 Å². The average Bonchev–Trinajstić information content (AvgIpc) is 3.10. The molecule has 1 aromatic carbocycles. The standard InChI is InChI=1S/C19H24FNO4/c1-12(14-3-2-4-15(20)11-14)18(22)21-8-5-13(6-9-21)17-16(19(23)24)7-10-25-17/h2-4,11-13,16-17H,5-10H2,1H3,(H,23,24)/t12?,16?,17-/m0/s1. The molecule has 5 nitrogen and oxygen atoms in total. The van der Waals surface area contributed by atoms with E-state index in [0.29, 0.717) is 31.7 Å². The second-order valence-electron chi connectivity index (χ2n) is 7.01. The molecule has 2 unspecified atom stereocenters. The summed E-state index contributed by atoms with van der Waals surface area (Å²) in [6.07, 6.45) is 1.82. The van der Waals surface area contributed by atoms with Crippen LogP contribution in [0, 0.1) is 17.7 Å². The average molecular weight is 349 g/mol. The van der Waals surface area contributed by atoms with Crippen molar-refractivity contribution < 1.29 is 23.8 Å². The van der Waals surface area contributed by atoms with Crippen LogP contribution in [0.2, 0.25) is 0 Å². The number of benzene rings is 1. The van der Waals surface area contributed by atoms with Crippen molar-refractivity contribution in [2.75, 3.05) is 19.7 Å². The summed E-state index contributed by atoms with van der Waals surface area (Å²) >= 11 is 0. The van der Waals surface area contributed by atoms with Gasteiger partial charge in [-0.2, -0.15) is 0 Å². The SMILES string of the molecule is CC(C(=O)N1CCC([C@@H]2OCCC2C(=O)O)CC1)c1cccc(F)c1. The molecule has 136 valence electrons. The van der Waals surface area contributed by atoms with Gasteiger partial charge in [0.05, 0.1) is 17.9 Å². The summed E-state index contributed by atoms with van der Waals surface area (Å²) in [6.45, 7) is 3.48. The molecule has 2 aliphatic rings. The van der Waals surface area contributed by atoms with Crippen molar-refractivity contribution in [3.63, 3.8) is 0 Å². The minimum Gasteiger partial charge on any atom is -0.481 e. The fourth-order valence-corrected chi connectivity index (χ4v) is 3.98. The van der Waals surface area contributed by atoms with Crippen LogP contribution in [-0.2, 0) is 14.3 Å². The van der Waals surface area contributed by atoms with Gasteiger partial charge in [-0.25, -0.2) is 4.39 Å². The van der Waals surface area contributed by atoms with E-state index in [-0.39, 0.29) is 29.7 Å². The molecule has 0 aromatic heterocycles. The van der Waals surface area contributed by atoms with Crippen LogP contribution in [0.3, 0.4) is 0 Å². The van der Waals surface area contributed by atoms with Crippen molar-refractivity contribution in [2.45, 2.75) is 38.2 Å². The van der Waals surface area contributed by atoms with Gasteiger partial charge in [-0.15, -0.1) is 0 Å². The second kappa shape index (κ2) is 7.52. The molecule has 1 N–H and O–H groups in total. The molecule has 1 amide bonds. The van der Waals surface area contributed by atoms with Gasteiger partial charge in [0, 0.05) is 19.7 Å². The van der Waals surface area contributed by atoms with Crippen LogP contribution in [0.25, 0.3) is 0 Å². The molecule has 0 spiro atoms. The number of hydrogen-bond donors (Lipinski definition) is 1. The van der Waals surface area contributed by atoms with Crippen LogP contribution in [0.1, 0.15) is 37.7 Å². The fraction of sp³-hybridized carbons (Fsp3) is 0.579. The van der Waals surface area contributed by atoms with Crippen molar-refractivity contribution in [1.29, 1.82) is 0 Å². The quantitative estimate of drug-likeness (QED) is 0.907. The Balaban J connectivity index is 1.58. The lowest BCUT2D eigenvalue weighted by Crippen LogP contribution is -2.44. The zero-order valence-corrected chi connectivity index (χ0v) is 14.4. The first-order valence-corrected chi connectivity index (χ1v) is 8.86. The summed E-state index contributed by atoms with van der Waals surface area (Å²) in [4.78, 5) is 25.8. The number of aliphatic carboxylic acids is 1. The van der Waals surface area contributed by atoms with E-state index in [9.17, 15) is 19.1 Å². The Morgan fingerprint density at radius 3 is 2.64 bits per heavy atom.